The molecule has 0 unspecified atom stereocenters. The fraction of sp³-hybridized carbons (Fsp3) is 0.562. The van der Waals surface area contributed by atoms with Crippen molar-refractivity contribution in [2.75, 3.05) is 39.9 Å². The predicted octanol–water partition coefficient (Wildman–Crippen LogP) is 1.26. The van der Waals surface area contributed by atoms with E-state index in [-0.39, 0.29) is 30.4 Å². The van der Waals surface area contributed by atoms with Gasteiger partial charge in [-0.2, -0.15) is 0 Å². The molecule has 2 aliphatic rings. The number of imide groups is 1. The topological polar surface area (TPSA) is 70.2 Å². The Labute approximate surface area is 144 Å². The second-order valence-electron chi connectivity index (χ2n) is 5.95. The maximum absolute atomic E-state index is 12.4. The lowest BCUT2D eigenvalue weighted by molar-refractivity contribution is -0.125. The van der Waals surface area contributed by atoms with E-state index < -0.39 is 0 Å². The van der Waals surface area contributed by atoms with E-state index in [9.17, 15) is 14.4 Å². The van der Waals surface area contributed by atoms with Crippen LogP contribution in [-0.2, 0) is 9.53 Å². The fourth-order valence-electron chi connectivity index (χ4n) is 3.19. The number of hydrogen-bond acceptors (Lipinski definition) is 5. The molecule has 3 heterocycles. The standard InChI is InChI=1S/C16H21N3O4S/c1-23-9-8-18-14(20)11-19(16(18)22)12-4-6-17(7-5-12)15(21)13-3-2-10-24-13/h2-3,10,12H,4-9,11H2,1H3. The van der Waals surface area contributed by atoms with Gasteiger partial charge in [-0.05, 0) is 24.3 Å². The Hall–Kier alpha value is -1.93. The molecule has 0 saturated carbocycles. The van der Waals surface area contributed by atoms with Gasteiger partial charge in [0.2, 0.25) is 5.91 Å². The van der Waals surface area contributed by atoms with Gasteiger partial charge in [-0.25, -0.2) is 4.79 Å². The summed E-state index contributed by atoms with van der Waals surface area (Å²) in [6.45, 7) is 1.99. The molecule has 24 heavy (non-hydrogen) atoms. The average molecular weight is 351 g/mol. The Bertz CT molecular complexity index is 611. The van der Waals surface area contributed by atoms with Crippen molar-refractivity contribution in [1.29, 1.82) is 0 Å². The van der Waals surface area contributed by atoms with Crippen LogP contribution in [0.25, 0.3) is 0 Å². The number of urea groups is 1. The molecule has 0 radical (unpaired) electrons. The summed E-state index contributed by atoms with van der Waals surface area (Å²) in [6, 6.07) is 3.48. The summed E-state index contributed by atoms with van der Waals surface area (Å²) >= 11 is 1.44. The zero-order valence-corrected chi connectivity index (χ0v) is 14.5. The molecule has 1 aromatic heterocycles. The summed E-state index contributed by atoms with van der Waals surface area (Å²) in [5.74, 6) is -0.122. The number of amides is 4. The van der Waals surface area contributed by atoms with Crippen molar-refractivity contribution in [3.8, 4) is 0 Å². The Morgan fingerprint density at radius 3 is 2.71 bits per heavy atom. The van der Waals surface area contributed by atoms with E-state index in [1.54, 1.807) is 12.0 Å². The summed E-state index contributed by atoms with van der Waals surface area (Å²) in [6.07, 6.45) is 1.41. The lowest BCUT2D eigenvalue weighted by atomic mass is 10.0. The van der Waals surface area contributed by atoms with Crippen molar-refractivity contribution in [2.24, 2.45) is 0 Å². The molecule has 1 aromatic rings. The van der Waals surface area contributed by atoms with Crippen molar-refractivity contribution in [3.05, 3.63) is 22.4 Å². The fourth-order valence-corrected chi connectivity index (χ4v) is 3.88. The van der Waals surface area contributed by atoms with Gasteiger partial charge in [-0.1, -0.05) is 6.07 Å². The molecule has 8 heteroatoms. The van der Waals surface area contributed by atoms with Crippen molar-refractivity contribution in [1.82, 2.24) is 14.7 Å². The number of piperidine rings is 1. The number of carbonyl (C=O) groups excluding carboxylic acids is 3. The van der Waals surface area contributed by atoms with Gasteiger partial charge in [-0.15, -0.1) is 11.3 Å². The van der Waals surface area contributed by atoms with Crippen LogP contribution in [0.3, 0.4) is 0 Å². The van der Waals surface area contributed by atoms with Gasteiger partial charge in [0.15, 0.2) is 0 Å². The van der Waals surface area contributed by atoms with E-state index in [1.165, 1.54) is 16.2 Å². The number of methoxy groups -OCH3 is 1. The molecule has 2 fully saturated rings. The smallest absolute Gasteiger partial charge is 0.327 e. The van der Waals surface area contributed by atoms with E-state index in [0.29, 0.717) is 39.1 Å². The highest BCUT2D eigenvalue weighted by molar-refractivity contribution is 7.12. The number of rotatable bonds is 5. The number of likely N-dealkylation sites (tertiary alicyclic amines) is 1. The van der Waals surface area contributed by atoms with E-state index in [4.69, 9.17) is 4.74 Å². The SMILES string of the molecule is COCCN1C(=O)CN(C2CCN(C(=O)c3cccs3)CC2)C1=O. The van der Waals surface area contributed by atoms with Gasteiger partial charge in [0.25, 0.3) is 5.91 Å². The number of carbonyl (C=O) groups is 3. The Morgan fingerprint density at radius 2 is 2.08 bits per heavy atom. The first kappa shape index (κ1) is 16.9. The molecule has 0 aliphatic carbocycles. The number of hydrogen-bond donors (Lipinski definition) is 0. The lowest BCUT2D eigenvalue weighted by Gasteiger charge is -2.36. The van der Waals surface area contributed by atoms with Crippen LogP contribution in [0.1, 0.15) is 22.5 Å². The van der Waals surface area contributed by atoms with Gasteiger partial charge < -0.3 is 14.5 Å². The molecule has 2 saturated heterocycles. The minimum atomic E-state index is -0.236. The van der Waals surface area contributed by atoms with Crippen LogP contribution in [-0.4, -0.2) is 78.5 Å². The zero-order valence-electron chi connectivity index (χ0n) is 13.6. The summed E-state index contributed by atoms with van der Waals surface area (Å²) in [4.78, 5) is 42.3. The van der Waals surface area contributed by atoms with Crippen LogP contribution in [0.2, 0.25) is 0 Å². The van der Waals surface area contributed by atoms with Crippen molar-refractivity contribution >= 4 is 29.2 Å². The number of ether oxygens (including phenoxy) is 1. The highest BCUT2D eigenvalue weighted by Gasteiger charge is 2.40. The van der Waals surface area contributed by atoms with Crippen LogP contribution in [0.15, 0.2) is 17.5 Å². The number of thiophene rings is 1. The number of nitrogens with zero attached hydrogens (tertiary/aromatic N) is 3. The van der Waals surface area contributed by atoms with Gasteiger partial charge in [-0.3, -0.25) is 14.5 Å². The van der Waals surface area contributed by atoms with Crippen molar-refractivity contribution in [2.45, 2.75) is 18.9 Å². The minimum absolute atomic E-state index is 0.0152. The first-order valence-electron chi connectivity index (χ1n) is 8.04. The monoisotopic (exact) mass is 351 g/mol. The van der Waals surface area contributed by atoms with Gasteiger partial charge >= 0.3 is 6.03 Å². The van der Waals surface area contributed by atoms with E-state index in [1.807, 2.05) is 22.4 Å². The highest BCUT2D eigenvalue weighted by atomic mass is 32.1. The van der Waals surface area contributed by atoms with E-state index in [2.05, 4.69) is 0 Å². The quantitative estimate of drug-likeness (QED) is 0.749. The Kier molecular flexibility index (Phi) is 5.15. The van der Waals surface area contributed by atoms with Gasteiger partial charge in [0, 0.05) is 26.2 Å². The van der Waals surface area contributed by atoms with Gasteiger partial charge in [0.05, 0.1) is 18.0 Å². The molecule has 0 spiro atoms. The second kappa shape index (κ2) is 7.31. The van der Waals surface area contributed by atoms with Crippen LogP contribution in [0.4, 0.5) is 4.79 Å². The molecule has 4 amide bonds. The third-order valence-electron chi connectivity index (χ3n) is 4.53. The molecule has 2 aliphatic heterocycles. The summed E-state index contributed by atoms with van der Waals surface area (Å²) < 4.78 is 4.95. The molecule has 0 atom stereocenters. The molecule has 0 N–H and O–H groups in total. The Balaban J connectivity index is 1.56. The maximum atomic E-state index is 12.4. The molecular weight excluding hydrogens is 330 g/mol. The predicted molar refractivity (Wildman–Crippen MR) is 88.9 cm³/mol. The first-order valence-corrected chi connectivity index (χ1v) is 8.92. The normalized spacial score (nSPS) is 19.5. The lowest BCUT2D eigenvalue weighted by Crippen LogP contribution is -2.48. The zero-order chi connectivity index (χ0) is 17.1. The molecular formula is C16H21N3O4S. The largest absolute Gasteiger partial charge is 0.383 e. The summed E-state index contributed by atoms with van der Waals surface area (Å²) in [7, 11) is 1.54. The molecule has 0 aromatic carbocycles. The van der Waals surface area contributed by atoms with Crippen LogP contribution >= 0.6 is 11.3 Å². The molecule has 7 nitrogen and oxygen atoms in total. The average Bonchev–Trinajstić information content (AvgIpc) is 3.22. The first-order chi connectivity index (χ1) is 11.6. The van der Waals surface area contributed by atoms with Crippen molar-refractivity contribution in [3.63, 3.8) is 0 Å². The van der Waals surface area contributed by atoms with Gasteiger partial charge in [0.1, 0.15) is 6.54 Å². The third-order valence-corrected chi connectivity index (χ3v) is 5.38. The van der Waals surface area contributed by atoms with Crippen LogP contribution in [0, 0.1) is 0 Å². The molecule has 130 valence electrons. The summed E-state index contributed by atoms with van der Waals surface area (Å²) in [5, 5.41) is 1.89. The minimum Gasteiger partial charge on any atom is -0.383 e. The molecule has 0 bridgehead atoms. The molecule has 3 rings (SSSR count). The van der Waals surface area contributed by atoms with E-state index >= 15 is 0 Å². The highest BCUT2D eigenvalue weighted by Crippen LogP contribution is 2.23. The van der Waals surface area contributed by atoms with Crippen LogP contribution < -0.4 is 0 Å². The third kappa shape index (κ3) is 3.29. The second-order valence-corrected chi connectivity index (χ2v) is 6.90. The van der Waals surface area contributed by atoms with Crippen LogP contribution in [0.5, 0.6) is 0 Å². The maximum Gasteiger partial charge on any atom is 0.327 e. The summed E-state index contributed by atoms with van der Waals surface area (Å²) in [5.41, 5.74) is 0. The Morgan fingerprint density at radius 1 is 1.33 bits per heavy atom. The van der Waals surface area contributed by atoms with E-state index in [0.717, 1.165) is 4.88 Å². The van der Waals surface area contributed by atoms with Crippen molar-refractivity contribution < 1.29 is 19.1 Å².